The zero-order chi connectivity index (χ0) is 16.5. The zero-order valence-electron chi connectivity index (χ0n) is 13.9. The van der Waals surface area contributed by atoms with Crippen molar-refractivity contribution < 1.29 is 9.59 Å². The first-order valence-electron chi connectivity index (χ1n) is 7.86. The Kier molecular flexibility index (Phi) is 4.58. The van der Waals surface area contributed by atoms with Crippen LogP contribution in [0.5, 0.6) is 0 Å². The molecule has 122 valence electrons. The molecule has 2 N–H and O–H groups in total. The van der Waals surface area contributed by atoms with Gasteiger partial charge in [-0.15, -0.1) is 0 Å². The van der Waals surface area contributed by atoms with Crippen LogP contribution in [0.3, 0.4) is 0 Å². The average molecular weight is 306 g/mol. The van der Waals surface area contributed by atoms with Crippen LogP contribution in [0.1, 0.15) is 62.6 Å². The molecule has 1 aliphatic rings. The lowest BCUT2D eigenvalue weighted by atomic mass is 9.98. The van der Waals surface area contributed by atoms with Crippen LogP contribution in [0.15, 0.2) is 6.07 Å². The maximum absolute atomic E-state index is 12.8. The fraction of sp³-hybridized carbons (Fsp3) is 0.688. The molecule has 1 atom stereocenters. The van der Waals surface area contributed by atoms with E-state index in [1.165, 1.54) is 0 Å². The number of amides is 2. The predicted octanol–water partition coefficient (Wildman–Crippen LogP) is 1.82. The number of nitrogens with two attached hydrogens (primary N) is 1. The zero-order valence-corrected chi connectivity index (χ0v) is 13.9. The van der Waals surface area contributed by atoms with Gasteiger partial charge in [0.15, 0.2) is 5.69 Å². The summed E-state index contributed by atoms with van der Waals surface area (Å²) >= 11 is 0. The van der Waals surface area contributed by atoms with E-state index in [1.807, 2.05) is 17.7 Å². The van der Waals surface area contributed by atoms with Crippen LogP contribution < -0.4 is 5.73 Å². The summed E-state index contributed by atoms with van der Waals surface area (Å²) in [6.45, 7) is 8.78. The fourth-order valence-electron chi connectivity index (χ4n) is 3.12. The molecule has 2 rings (SSSR count). The largest absolute Gasteiger partial charge is 0.370 e. The Labute approximate surface area is 131 Å². The molecule has 6 heteroatoms. The summed E-state index contributed by atoms with van der Waals surface area (Å²) in [5.41, 5.74) is 6.55. The van der Waals surface area contributed by atoms with Crippen molar-refractivity contribution in [1.29, 1.82) is 0 Å². The molecule has 0 aliphatic carbocycles. The van der Waals surface area contributed by atoms with Gasteiger partial charge >= 0.3 is 0 Å². The van der Waals surface area contributed by atoms with E-state index < -0.39 is 0 Å². The summed E-state index contributed by atoms with van der Waals surface area (Å²) in [6, 6.07) is 1.72. The van der Waals surface area contributed by atoms with E-state index in [0.717, 1.165) is 25.0 Å². The highest BCUT2D eigenvalue weighted by Crippen LogP contribution is 2.23. The van der Waals surface area contributed by atoms with Crippen molar-refractivity contribution in [1.82, 2.24) is 14.7 Å². The first-order valence-corrected chi connectivity index (χ1v) is 7.86. The Balaban J connectivity index is 2.24. The predicted molar refractivity (Wildman–Crippen MR) is 84.4 cm³/mol. The van der Waals surface area contributed by atoms with E-state index in [4.69, 9.17) is 5.73 Å². The lowest BCUT2D eigenvalue weighted by Gasteiger charge is -2.34. The van der Waals surface area contributed by atoms with Crippen LogP contribution in [-0.2, 0) is 10.3 Å². The summed E-state index contributed by atoms with van der Waals surface area (Å²) in [6.07, 6.45) is 3.04. The monoisotopic (exact) mass is 306 g/mol. The second kappa shape index (κ2) is 6.10. The van der Waals surface area contributed by atoms with Gasteiger partial charge < -0.3 is 10.6 Å². The van der Waals surface area contributed by atoms with Gasteiger partial charge in [0.1, 0.15) is 0 Å². The quantitative estimate of drug-likeness (QED) is 0.924. The highest BCUT2D eigenvalue weighted by Gasteiger charge is 2.30. The van der Waals surface area contributed by atoms with Gasteiger partial charge in [-0.05, 0) is 53.0 Å². The highest BCUT2D eigenvalue weighted by molar-refractivity contribution is 5.93. The topological polar surface area (TPSA) is 81.2 Å². The van der Waals surface area contributed by atoms with Gasteiger partial charge in [0.2, 0.25) is 5.91 Å². The Bertz CT molecular complexity index is 571. The molecule has 0 spiro atoms. The highest BCUT2D eigenvalue weighted by atomic mass is 16.2. The smallest absolute Gasteiger partial charge is 0.274 e. The second-order valence-electron chi connectivity index (χ2n) is 7.07. The lowest BCUT2D eigenvalue weighted by Crippen LogP contribution is -2.45. The van der Waals surface area contributed by atoms with Crippen LogP contribution >= 0.6 is 0 Å². The minimum Gasteiger partial charge on any atom is -0.370 e. The summed E-state index contributed by atoms with van der Waals surface area (Å²) in [5, 5.41) is 4.48. The number of piperidine rings is 1. The molecule has 0 aromatic carbocycles. The molecular formula is C16H26N4O2. The molecule has 0 radical (unpaired) electrons. The van der Waals surface area contributed by atoms with Gasteiger partial charge in [-0.25, -0.2) is 0 Å². The van der Waals surface area contributed by atoms with Crippen molar-refractivity contribution in [3.63, 3.8) is 0 Å². The van der Waals surface area contributed by atoms with E-state index in [2.05, 4.69) is 25.9 Å². The number of hydrogen-bond acceptors (Lipinski definition) is 3. The van der Waals surface area contributed by atoms with Crippen LogP contribution in [0.4, 0.5) is 0 Å². The van der Waals surface area contributed by atoms with Crippen LogP contribution in [0.2, 0.25) is 0 Å². The normalized spacial score (nSPS) is 19.3. The fourth-order valence-corrected chi connectivity index (χ4v) is 3.12. The van der Waals surface area contributed by atoms with Crippen molar-refractivity contribution in [2.45, 2.75) is 65.0 Å². The SMILES string of the molecule is Cc1cc(C(=O)N2CCCCC2CC(N)=O)nn1C(C)(C)C. The van der Waals surface area contributed by atoms with E-state index in [1.54, 1.807) is 4.90 Å². The molecule has 1 saturated heterocycles. The summed E-state index contributed by atoms with van der Waals surface area (Å²) in [7, 11) is 0. The minimum atomic E-state index is -0.360. The van der Waals surface area contributed by atoms with Crippen molar-refractivity contribution in [2.75, 3.05) is 6.54 Å². The van der Waals surface area contributed by atoms with E-state index in [0.29, 0.717) is 12.2 Å². The molecule has 22 heavy (non-hydrogen) atoms. The van der Waals surface area contributed by atoms with Crippen molar-refractivity contribution in [2.24, 2.45) is 5.73 Å². The Morgan fingerprint density at radius 3 is 2.59 bits per heavy atom. The molecule has 1 aliphatic heterocycles. The summed E-state index contributed by atoms with van der Waals surface area (Å²) in [5.74, 6) is -0.460. The van der Waals surface area contributed by atoms with E-state index in [9.17, 15) is 9.59 Å². The second-order valence-corrected chi connectivity index (χ2v) is 7.07. The maximum atomic E-state index is 12.8. The number of aryl methyl sites for hydroxylation is 1. The first-order chi connectivity index (χ1) is 10.2. The van der Waals surface area contributed by atoms with Crippen LogP contribution in [-0.4, -0.2) is 39.1 Å². The van der Waals surface area contributed by atoms with E-state index in [-0.39, 0.29) is 29.8 Å². The third kappa shape index (κ3) is 3.48. The maximum Gasteiger partial charge on any atom is 0.274 e. The molecule has 1 unspecified atom stereocenters. The number of rotatable bonds is 3. The molecule has 6 nitrogen and oxygen atoms in total. The number of likely N-dealkylation sites (tertiary alicyclic amines) is 1. The van der Waals surface area contributed by atoms with Gasteiger partial charge in [0.05, 0.1) is 5.54 Å². The van der Waals surface area contributed by atoms with Gasteiger partial charge in [0.25, 0.3) is 5.91 Å². The Morgan fingerprint density at radius 1 is 1.36 bits per heavy atom. The number of carbonyl (C=O) groups is 2. The van der Waals surface area contributed by atoms with Gasteiger partial charge in [-0.2, -0.15) is 5.10 Å². The van der Waals surface area contributed by atoms with Crippen molar-refractivity contribution in [3.05, 3.63) is 17.5 Å². The number of primary amides is 1. The summed E-state index contributed by atoms with van der Waals surface area (Å²) in [4.78, 5) is 25.8. The number of aromatic nitrogens is 2. The number of hydrogen-bond donors (Lipinski definition) is 1. The molecular weight excluding hydrogens is 280 g/mol. The first kappa shape index (κ1) is 16.5. The lowest BCUT2D eigenvalue weighted by molar-refractivity contribution is -0.119. The van der Waals surface area contributed by atoms with Crippen LogP contribution in [0, 0.1) is 6.92 Å². The molecule has 1 aromatic heterocycles. The number of nitrogens with zero attached hydrogens (tertiary/aromatic N) is 3. The Hall–Kier alpha value is -1.85. The van der Waals surface area contributed by atoms with Gasteiger partial charge in [0, 0.05) is 24.7 Å². The summed E-state index contributed by atoms with van der Waals surface area (Å²) < 4.78 is 1.87. The molecule has 2 heterocycles. The molecule has 1 fully saturated rings. The molecule has 0 saturated carbocycles. The third-order valence-electron chi connectivity index (χ3n) is 4.07. The Morgan fingerprint density at radius 2 is 2.05 bits per heavy atom. The third-order valence-corrected chi connectivity index (χ3v) is 4.07. The molecule has 2 amide bonds. The minimum absolute atomic E-state index is 0.0983. The van der Waals surface area contributed by atoms with Crippen molar-refractivity contribution in [3.8, 4) is 0 Å². The number of carbonyl (C=O) groups excluding carboxylic acids is 2. The van der Waals surface area contributed by atoms with Crippen molar-refractivity contribution >= 4 is 11.8 Å². The van der Waals surface area contributed by atoms with E-state index >= 15 is 0 Å². The standard InChI is InChI=1S/C16H26N4O2/c1-11-9-13(18-20(11)16(2,3)4)15(22)19-8-6-5-7-12(19)10-14(17)21/h9,12H,5-8,10H2,1-4H3,(H2,17,21). The van der Waals surface area contributed by atoms with Crippen LogP contribution in [0.25, 0.3) is 0 Å². The average Bonchev–Trinajstić information content (AvgIpc) is 2.80. The van der Waals surface area contributed by atoms with Gasteiger partial charge in [-0.1, -0.05) is 0 Å². The molecule has 0 bridgehead atoms. The molecule has 1 aromatic rings. The van der Waals surface area contributed by atoms with Gasteiger partial charge in [-0.3, -0.25) is 14.3 Å².